The van der Waals surface area contributed by atoms with Gasteiger partial charge in [-0.15, -0.1) is 0 Å². The third-order valence-corrected chi connectivity index (χ3v) is 4.27. The van der Waals surface area contributed by atoms with Gasteiger partial charge in [0.25, 0.3) is 10.0 Å². The van der Waals surface area contributed by atoms with E-state index >= 15 is 0 Å². The first kappa shape index (κ1) is 16.8. The molecule has 0 spiro atoms. The van der Waals surface area contributed by atoms with E-state index in [-0.39, 0.29) is 4.90 Å². The first-order valence-electron chi connectivity index (χ1n) is 6.52. The van der Waals surface area contributed by atoms with Crippen molar-refractivity contribution in [1.82, 2.24) is 10.0 Å². The smallest absolute Gasteiger partial charge is 0.328 e. The van der Waals surface area contributed by atoms with Gasteiger partial charge in [0.1, 0.15) is 0 Å². The summed E-state index contributed by atoms with van der Waals surface area (Å²) in [6.07, 6.45) is 4.06. The van der Waals surface area contributed by atoms with E-state index in [1.54, 1.807) is 0 Å². The number of carbonyl (C=O) groups excluding carboxylic acids is 1. The van der Waals surface area contributed by atoms with E-state index in [9.17, 15) is 13.2 Å². The fourth-order valence-electron chi connectivity index (χ4n) is 1.58. The Balaban J connectivity index is 2.46. The van der Waals surface area contributed by atoms with Crippen LogP contribution in [0.1, 0.15) is 32.6 Å². The van der Waals surface area contributed by atoms with E-state index in [4.69, 9.17) is 11.6 Å². The minimum Gasteiger partial charge on any atom is -0.337 e. The molecule has 0 unspecified atom stereocenters. The maximum Gasteiger partial charge on any atom is 0.328 e. The Morgan fingerprint density at radius 1 is 1.15 bits per heavy atom. The Labute approximate surface area is 124 Å². The number of urea groups is 1. The van der Waals surface area contributed by atoms with Crippen LogP contribution in [0, 0.1) is 0 Å². The largest absolute Gasteiger partial charge is 0.337 e. The van der Waals surface area contributed by atoms with Gasteiger partial charge < -0.3 is 5.32 Å². The van der Waals surface area contributed by atoms with E-state index in [0.717, 1.165) is 25.7 Å². The van der Waals surface area contributed by atoms with Crippen LogP contribution < -0.4 is 10.0 Å². The molecule has 0 saturated carbocycles. The average molecular weight is 319 g/mol. The zero-order valence-electron chi connectivity index (χ0n) is 11.4. The molecule has 0 heterocycles. The van der Waals surface area contributed by atoms with Crippen molar-refractivity contribution in [3.63, 3.8) is 0 Å². The van der Waals surface area contributed by atoms with Crippen LogP contribution in [0.5, 0.6) is 0 Å². The highest BCUT2D eigenvalue weighted by Gasteiger charge is 2.16. The molecule has 1 rings (SSSR count). The highest BCUT2D eigenvalue weighted by molar-refractivity contribution is 7.90. The Hall–Kier alpha value is -1.27. The third kappa shape index (κ3) is 5.79. The van der Waals surface area contributed by atoms with Crippen molar-refractivity contribution in [2.24, 2.45) is 0 Å². The molecule has 0 fully saturated rings. The fraction of sp³-hybridized carbons (Fsp3) is 0.462. The van der Waals surface area contributed by atoms with Crippen molar-refractivity contribution in [3.8, 4) is 0 Å². The minimum atomic E-state index is -3.84. The van der Waals surface area contributed by atoms with Crippen LogP contribution in [0.4, 0.5) is 4.79 Å². The van der Waals surface area contributed by atoms with E-state index in [1.165, 1.54) is 24.3 Å². The van der Waals surface area contributed by atoms with Crippen molar-refractivity contribution in [1.29, 1.82) is 0 Å². The molecule has 0 atom stereocenters. The summed E-state index contributed by atoms with van der Waals surface area (Å²) in [6.45, 7) is 2.56. The van der Waals surface area contributed by atoms with Crippen LogP contribution in [0.15, 0.2) is 29.2 Å². The number of nitrogens with one attached hydrogen (secondary N) is 2. The molecule has 0 bridgehead atoms. The van der Waals surface area contributed by atoms with Crippen molar-refractivity contribution in [3.05, 3.63) is 29.3 Å². The van der Waals surface area contributed by atoms with E-state index in [2.05, 4.69) is 12.2 Å². The fourth-order valence-corrected chi connectivity index (χ4v) is 2.64. The second-order valence-electron chi connectivity index (χ2n) is 4.38. The molecular weight excluding hydrogens is 300 g/mol. The lowest BCUT2D eigenvalue weighted by molar-refractivity contribution is 0.245. The van der Waals surface area contributed by atoms with Crippen molar-refractivity contribution in [2.45, 2.75) is 37.5 Å². The maximum atomic E-state index is 11.9. The Morgan fingerprint density at radius 2 is 1.80 bits per heavy atom. The topological polar surface area (TPSA) is 75.3 Å². The summed E-state index contributed by atoms with van der Waals surface area (Å²) in [6, 6.07) is 4.90. The van der Waals surface area contributed by atoms with Gasteiger partial charge in [0.05, 0.1) is 4.90 Å². The van der Waals surface area contributed by atoms with Crippen LogP contribution in [0.25, 0.3) is 0 Å². The number of benzene rings is 1. The summed E-state index contributed by atoms with van der Waals surface area (Å²) >= 11 is 5.68. The van der Waals surface area contributed by atoms with Gasteiger partial charge in [-0.1, -0.05) is 37.8 Å². The highest BCUT2D eigenvalue weighted by Crippen LogP contribution is 2.13. The minimum absolute atomic E-state index is 0.00281. The van der Waals surface area contributed by atoms with Gasteiger partial charge >= 0.3 is 6.03 Å². The summed E-state index contributed by atoms with van der Waals surface area (Å²) in [7, 11) is -3.84. The molecular formula is C13H19ClN2O3S. The zero-order valence-corrected chi connectivity index (χ0v) is 12.9. The predicted molar refractivity (Wildman–Crippen MR) is 79.3 cm³/mol. The van der Waals surface area contributed by atoms with Crippen molar-refractivity contribution < 1.29 is 13.2 Å². The number of amides is 2. The molecule has 1 aromatic rings. The summed E-state index contributed by atoms with van der Waals surface area (Å²) < 4.78 is 25.7. The molecule has 20 heavy (non-hydrogen) atoms. The normalized spacial score (nSPS) is 11.1. The van der Waals surface area contributed by atoms with E-state index in [1.807, 2.05) is 4.72 Å². The summed E-state index contributed by atoms with van der Waals surface area (Å²) in [5.74, 6) is 0. The summed E-state index contributed by atoms with van der Waals surface area (Å²) in [5, 5.41) is 2.96. The standard InChI is InChI=1S/C13H19ClN2O3S/c1-2-3-4-5-10-15-13(17)16-20(18,19)12-8-6-11(14)7-9-12/h6-9H,2-5,10H2,1H3,(H2,15,16,17). The number of halogens is 1. The SMILES string of the molecule is CCCCCCNC(=O)NS(=O)(=O)c1ccc(Cl)cc1. The first-order chi connectivity index (χ1) is 9.45. The molecule has 0 radical (unpaired) electrons. The number of carbonyl (C=O) groups is 1. The quantitative estimate of drug-likeness (QED) is 0.759. The average Bonchev–Trinajstić information content (AvgIpc) is 2.38. The summed E-state index contributed by atoms with van der Waals surface area (Å²) in [4.78, 5) is 11.5. The zero-order chi connectivity index (χ0) is 15.0. The molecule has 0 aliphatic carbocycles. The molecule has 0 saturated heterocycles. The van der Waals surface area contributed by atoms with Gasteiger partial charge in [-0.25, -0.2) is 17.9 Å². The number of rotatable bonds is 7. The van der Waals surface area contributed by atoms with Crippen molar-refractivity contribution in [2.75, 3.05) is 6.54 Å². The van der Waals surface area contributed by atoms with Gasteiger partial charge in [0.15, 0.2) is 0 Å². The van der Waals surface area contributed by atoms with Gasteiger partial charge in [0.2, 0.25) is 0 Å². The maximum absolute atomic E-state index is 11.9. The number of hydrogen-bond acceptors (Lipinski definition) is 3. The number of sulfonamides is 1. The summed E-state index contributed by atoms with van der Waals surface area (Å²) in [5.41, 5.74) is 0. The van der Waals surface area contributed by atoms with Crippen LogP contribution >= 0.6 is 11.6 Å². The lowest BCUT2D eigenvalue weighted by Crippen LogP contribution is -2.39. The van der Waals surface area contributed by atoms with Crippen LogP contribution in [0.2, 0.25) is 5.02 Å². The van der Waals surface area contributed by atoms with E-state index in [0.29, 0.717) is 11.6 Å². The van der Waals surface area contributed by atoms with E-state index < -0.39 is 16.1 Å². The van der Waals surface area contributed by atoms with Crippen molar-refractivity contribution >= 4 is 27.7 Å². The Bertz CT molecular complexity index is 529. The Kier molecular flexibility index (Phi) is 6.81. The number of hydrogen-bond donors (Lipinski definition) is 2. The van der Waals surface area contributed by atoms with Gasteiger partial charge in [-0.05, 0) is 30.7 Å². The molecule has 0 aliphatic rings. The highest BCUT2D eigenvalue weighted by atomic mass is 35.5. The van der Waals surface area contributed by atoms with Crippen LogP contribution in [-0.2, 0) is 10.0 Å². The second kappa shape index (κ2) is 8.11. The molecule has 0 aliphatic heterocycles. The monoisotopic (exact) mass is 318 g/mol. The van der Waals surface area contributed by atoms with Gasteiger partial charge in [0, 0.05) is 11.6 Å². The Morgan fingerprint density at radius 3 is 2.40 bits per heavy atom. The molecule has 0 aromatic heterocycles. The molecule has 7 heteroatoms. The van der Waals surface area contributed by atoms with Crippen LogP contribution in [0.3, 0.4) is 0 Å². The second-order valence-corrected chi connectivity index (χ2v) is 6.49. The molecule has 2 amide bonds. The number of unbranched alkanes of at least 4 members (excludes halogenated alkanes) is 3. The molecule has 5 nitrogen and oxygen atoms in total. The third-order valence-electron chi connectivity index (χ3n) is 2.67. The lowest BCUT2D eigenvalue weighted by Gasteiger charge is -2.08. The first-order valence-corrected chi connectivity index (χ1v) is 8.38. The van der Waals surface area contributed by atoms with Crippen LogP contribution in [-0.4, -0.2) is 21.0 Å². The molecule has 1 aromatic carbocycles. The molecule has 2 N–H and O–H groups in total. The lowest BCUT2D eigenvalue weighted by atomic mass is 10.2. The van der Waals surface area contributed by atoms with Gasteiger partial charge in [-0.2, -0.15) is 0 Å². The molecule has 112 valence electrons. The predicted octanol–water partition coefficient (Wildman–Crippen LogP) is 2.91. The van der Waals surface area contributed by atoms with Gasteiger partial charge in [-0.3, -0.25) is 0 Å².